The largest absolute Gasteiger partial charge is 0.381 e. The highest BCUT2D eigenvalue weighted by Gasteiger charge is 1.58. The molecule has 0 aromatic heterocycles. The fourth-order valence-electron chi connectivity index (χ4n) is 0.118. The second kappa shape index (κ2) is 8.89. The Labute approximate surface area is 44.4 Å². The summed E-state index contributed by atoms with van der Waals surface area (Å²) in [5.41, 5.74) is 0. The van der Waals surface area contributed by atoms with Gasteiger partial charge in [0.2, 0.25) is 0 Å². The number of methoxy groups -OCH3 is 1. The van der Waals surface area contributed by atoms with Gasteiger partial charge in [-0.3, -0.25) is 0 Å². The first kappa shape index (κ1) is 9.37. The van der Waals surface area contributed by atoms with Gasteiger partial charge in [-0.15, -0.1) is 19.0 Å². The minimum Gasteiger partial charge on any atom is -0.381 e. The molecule has 0 heterocycles. The zero-order valence-electron chi connectivity index (χ0n) is 3.81. The van der Waals surface area contributed by atoms with E-state index < -0.39 is 0 Å². The Bertz CT molecular complexity index is 28.7. The molecule has 0 spiro atoms. The summed E-state index contributed by atoms with van der Waals surface area (Å²) in [5, 5.41) is 0. The van der Waals surface area contributed by atoms with E-state index in [1.54, 1.807) is 13.2 Å². The molecule has 0 fully saturated rings. The molecule has 2 heteroatoms. The Morgan fingerprint density at radius 1 is 1.83 bits per heavy atom. The average molecular weight is 109 g/mol. The zero-order valence-corrected chi connectivity index (χ0v) is 4.62. The molecule has 38 valence electrons. The van der Waals surface area contributed by atoms with Crippen LogP contribution >= 0.6 is 12.4 Å². The van der Waals surface area contributed by atoms with E-state index in [2.05, 4.69) is 11.3 Å². The summed E-state index contributed by atoms with van der Waals surface area (Å²) < 4.78 is 4.57. The van der Waals surface area contributed by atoms with Crippen molar-refractivity contribution < 1.29 is 4.74 Å². The van der Waals surface area contributed by atoms with E-state index in [-0.39, 0.29) is 12.4 Å². The average Bonchev–Trinajstić information content (AvgIpc) is 1.41. The van der Waals surface area contributed by atoms with Gasteiger partial charge in [-0.05, 0) is 0 Å². The minimum atomic E-state index is 0. The molecular weight excluding hydrogens is 99.5 g/mol. The minimum absolute atomic E-state index is 0. The molecule has 1 nitrogen and oxygen atoms in total. The summed E-state index contributed by atoms with van der Waals surface area (Å²) in [7, 11) is 1.64. The third-order valence-corrected chi connectivity index (χ3v) is 0.285. The van der Waals surface area contributed by atoms with Gasteiger partial charge < -0.3 is 4.74 Å². The maximum atomic E-state index is 4.57. The van der Waals surface area contributed by atoms with Crippen LogP contribution < -0.4 is 0 Å². The van der Waals surface area contributed by atoms with E-state index in [1.165, 1.54) is 0 Å². The van der Waals surface area contributed by atoms with Gasteiger partial charge in [0.05, 0.1) is 6.61 Å². The van der Waals surface area contributed by atoms with E-state index in [0.29, 0.717) is 6.61 Å². The topological polar surface area (TPSA) is 9.23 Å². The lowest BCUT2D eigenvalue weighted by Gasteiger charge is -1.79. The molecule has 0 aliphatic heterocycles. The fourth-order valence-corrected chi connectivity index (χ4v) is 0.118. The van der Waals surface area contributed by atoms with Crippen LogP contribution in [-0.4, -0.2) is 13.7 Å². The Balaban J connectivity index is 0. The third kappa shape index (κ3) is 9.01. The molecule has 0 N–H and O–H groups in total. The van der Waals surface area contributed by atoms with Crippen molar-refractivity contribution in [2.75, 3.05) is 13.7 Å². The molecule has 0 aliphatic rings. The number of halogens is 1. The molecule has 0 saturated heterocycles. The van der Waals surface area contributed by atoms with Gasteiger partial charge in [0.1, 0.15) is 0 Å². The van der Waals surface area contributed by atoms with Crippen molar-refractivity contribution in [3.63, 3.8) is 0 Å². The molecule has 0 aromatic carbocycles. The lowest BCUT2D eigenvalue weighted by molar-refractivity contribution is 0.234. The van der Waals surface area contributed by atoms with Gasteiger partial charge in [-0.25, -0.2) is 0 Å². The van der Waals surface area contributed by atoms with Crippen LogP contribution in [0.1, 0.15) is 0 Å². The molecule has 0 saturated carbocycles. The first-order valence-corrected chi connectivity index (χ1v) is 1.51. The normalized spacial score (nSPS) is 6.17. The van der Waals surface area contributed by atoms with Crippen molar-refractivity contribution in [1.29, 1.82) is 0 Å². The highest BCUT2D eigenvalue weighted by Crippen LogP contribution is 1.60. The third-order valence-electron chi connectivity index (χ3n) is 0.285. The predicted octanol–water partition coefficient (Wildman–Crippen LogP) is 1.24. The van der Waals surface area contributed by atoms with Gasteiger partial charge in [-0.2, -0.15) is 0 Å². The lowest BCUT2D eigenvalue weighted by atomic mass is 10.7. The van der Waals surface area contributed by atoms with Crippen LogP contribution in [0.2, 0.25) is 0 Å². The fraction of sp³-hybridized carbons (Fsp3) is 0.500. The van der Waals surface area contributed by atoms with Crippen molar-refractivity contribution in [2.24, 2.45) is 0 Å². The molecule has 0 bridgehead atoms. The van der Waals surface area contributed by atoms with E-state index in [4.69, 9.17) is 0 Å². The van der Waals surface area contributed by atoms with Crippen LogP contribution in [0.15, 0.2) is 12.7 Å². The highest BCUT2D eigenvalue weighted by atomic mass is 35.5. The van der Waals surface area contributed by atoms with Crippen LogP contribution in [0.5, 0.6) is 0 Å². The number of hydrogen-bond donors (Lipinski definition) is 0. The monoisotopic (exact) mass is 108 g/mol. The van der Waals surface area contributed by atoms with Gasteiger partial charge in [0, 0.05) is 7.11 Å². The number of ether oxygens (including phenoxy) is 1. The summed E-state index contributed by atoms with van der Waals surface area (Å²) in [4.78, 5) is 0. The maximum Gasteiger partial charge on any atom is 0.0641 e. The molecule has 0 amide bonds. The van der Waals surface area contributed by atoms with Crippen molar-refractivity contribution in [3.05, 3.63) is 12.7 Å². The summed E-state index contributed by atoms with van der Waals surface area (Å²) in [6, 6.07) is 0. The first-order chi connectivity index (χ1) is 2.41. The molecule has 0 rings (SSSR count). The lowest BCUT2D eigenvalue weighted by Crippen LogP contribution is -1.76. The standard InChI is InChI=1S/C4H8O.ClH/c1-3-4-5-2;/h3H,1,4H2,2H3;1H. The zero-order chi connectivity index (χ0) is 4.12. The molecule has 0 atom stereocenters. The van der Waals surface area contributed by atoms with Crippen LogP contribution in [0.25, 0.3) is 0 Å². The smallest absolute Gasteiger partial charge is 0.0641 e. The summed E-state index contributed by atoms with van der Waals surface area (Å²) >= 11 is 0. The quantitative estimate of drug-likeness (QED) is 0.484. The second-order valence-corrected chi connectivity index (χ2v) is 0.744. The predicted molar refractivity (Wildman–Crippen MR) is 29.3 cm³/mol. The van der Waals surface area contributed by atoms with Crippen molar-refractivity contribution >= 4 is 12.4 Å². The van der Waals surface area contributed by atoms with Crippen molar-refractivity contribution in [1.82, 2.24) is 0 Å². The Hall–Kier alpha value is -0.0100. The van der Waals surface area contributed by atoms with Crippen LogP contribution in [0.4, 0.5) is 0 Å². The number of hydrogen-bond acceptors (Lipinski definition) is 1. The van der Waals surface area contributed by atoms with E-state index in [0.717, 1.165) is 0 Å². The molecule has 0 unspecified atom stereocenters. The van der Waals surface area contributed by atoms with E-state index >= 15 is 0 Å². The second-order valence-electron chi connectivity index (χ2n) is 0.744. The van der Waals surface area contributed by atoms with Crippen LogP contribution in [0.3, 0.4) is 0 Å². The molecule has 0 radical (unpaired) electrons. The van der Waals surface area contributed by atoms with Crippen molar-refractivity contribution in [2.45, 2.75) is 0 Å². The summed E-state index contributed by atoms with van der Waals surface area (Å²) in [6.45, 7) is 4.08. The Morgan fingerprint density at radius 3 is 2.33 bits per heavy atom. The van der Waals surface area contributed by atoms with Crippen LogP contribution in [-0.2, 0) is 4.74 Å². The van der Waals surface area contributed by atoms with E-state index in [1.807, 2.05) is 0 Å². The van der Waals surface area contributed by atoms with Gasteiger partial charge in [-0.1, -0.05) is 6.08 Å². The molecule has 0 aliphatic carbocycles. The molecule has 6 heavy (non-hydrogen) atoms. The van der Waals surface area contributed by atoms with Gasteiger partial charge in [0.15, 0.2) is 0 Å². The van der Waals surface area contributed by atoms with Gasteiger partial charge in [0.25, 0.3) is 0 Å². The van der Waals surface area contributed by atoms with Crippen molar-refractivity contribution in [3.8, 4) is 0 Å². The Kier molecular flexibility index (Phi) is 13.9. The first-order valence-electron chi connectivity index (χ1n) is 1.51. The SMILES string of the molecule is C=CCOC.Cl. The highest BCUT2D eigenvalue weighted by molar-refractivity contribution is 5.85. The molecule has 0 aromatic rings. The Morgan fingerprint density at radius 2 is 2.33 bits per heavy atom. The summed E-state index contributed by atoms with van der Waals surface area (Å²) in [5.74, 6) is 0. The molecular formula is C4H9ClO. The van der Waals surface area contributed by atoms with Gasteiger partial charge >= 0.3 is 0 Å². The van der Waals surface area contributed by atoms with Crippen LogP contribution in [0, 0.1) is 0 Å². The van der Waals surface area contributed by atoms with E-state index in [9.17, 15) is 0 Å². The maximum absolute atomic E-state index is 4.57. The summed E-state index contributed by atoms with van der Waals surface area (Å²) in [6.07, 6.45) is 1.71. The number of rotatable bonds is 2.